The molecular formula is C22H32N6O2. The van der Waals surface area contributed by atoms with Crippen molar-refractivity contribution in [3.63, 3.8) is 0 Å². The second-order valence-electron chi connectivity index (χ2n) is 8.53. The number of piperidine rings is 1. The van der Waals surface area contributed by atoms with Crippen molar-refractivity contribution >= 4 is 11.8 Å². The van der Waals surface area contributed by atoms with Crippen LogP contribution < -0.4 is 0 Å². The molecule has 2 aromatic heterocycles. The van der Waals surface area contributed by atoms with Crippen LogP contribution in [0, 0.1) is 0 Å². The Bertz CT molecular complexity index is 874. The first kappa shape index (κ1) is 20.6. The van der Waals surface area contributed by atoms with E-state index in [-0.39, 0.29) is 17.7 Å². The largest absolute Gasteiger partial charge is 0.339 e. The number of hydrogen-bond donors (Lipinski definition) is 1. The lowest BCUT2D eigenvalue weighted by Gasteiger charge is -2.33. The van der Waals surface area contributed by atoms with Crippen LogP contribution in [0.25, 0.3) is 0 Å². The van der Waals surface area contributed by atoms with Crippen LogP contribution in [0.3, 0.4) is 0 Å². The van der Waals surface area contributed by atoms with E-state index in [1.54, 1.807) is 16.9 Å². The van der Waals surface area contributed by atoms with Gasteiger partial charge in [0.15, 0.2) is 0 Å². The molecule has 8 nitrogen and oxygen atoms in total. The van der Waals surface area contributed by atoms with Crippen molar-refractivity contribution < 1.29 is 9.59 Å². The zero-order valence-corrected chi connectivity index (χ0v) is 18.0. The number of aromatic amines is 1. The normalized spacial score (nSPS) is 18.5. The van der Waals surface area contributed by atoms with Crippen LogP contribution in [-0.2, 0) is 6.54 Å². The predicted octanol–water partition coefficient (Wildman–Crippen LogP) is 3.05. The molecule has 1 saturated heterocycles. The lowest BCUT2D eigenvalue weighted by molar-refractivity contribution is 0.0679. The fourth-order valence-corrected chi connectivity index (χ4v) is 4.79. The highest BCUT2D eigenvalue weighted by molar-refractivity contribution is 5.95. The van der Waals surface area contributed by atoms with Crippen molar-refractivity contribution in [1.82, 2.24) is 29.8 Å². The third-order valence-electron chi connectivity index (χ3n) is 6.72. The van der Waals surface area contributed by atoms with Crippen LogP contribution in [0.2, 0.25) is 0 Å². The molecule has 2 fully saturated rings. The highest BCUT2D eigenvalue weighted by Crippen LogP contribution is 2.31. The molecule has 4 rings (SSSR count). The van der Waals surface area contributed by atoms with E-state index in [0.29, 0.717) is 30.4 Å². The number of rotatable bonds is 5. The summed E-state index contributed by atoms with van der Waals surface area (Å²) >= 11 is 0. The maximum absolute atomic E-state index is 13.1. The molecule has 0 radical (unpaired) electrons. The molecule has 0 atom stereocenters. The average Bonchev–Trinajstić information content (AvgIpc) is 3.48. The molecule has 3 heterocycles. The Balaban J connectivity index is 1.39. The first-order valence-corrected chi connectivity index (χ1v) is 11.2. The summed E-state index contributed by atoms with van der Waals surface area (Å²) in [6, 6.07) is 2.11. The number of nitrogens with one attached hydrogen (secondary N) is 1. The number of H-pyrrole nitrogens is 1. The molecular weight excluding hydrogens is 380 g/mol. The van der Waals surface area contributed by atoms with E-state index in [1.807, 2.05) is 30.0 Å². The van der Waals surface area contributed by atoms with Crippen LogP contribution in [0.1, 0.15) is 84.3 Å². The number of aryl methyl sites for hydroxylation is 1. The van der Waals surface area contributed by atoms with Crippen LogP contribution in [-0.4, -0.2) is 67.8 Å². The lowest BCUT2D eigenvalue weighted by Crippen LogP contribution is -2.40. The highest BCUT2D eigenvalue weighted by Gasteiger charge is 2.31. The number of likely N-dealkylation sites (tertiary alicyclic amines) is 1. The van der Waals surface area contributed by atoms with Crippen LogP contribution in [0.4, 0.5) is 0 Å². The Labute approximate surface area is 177 Å². The Morgan fingerprint density at radius 3 is 2.57 bits per heavy atom. The molecule has 1 aliphatic heterocycles. The number of carbonyl (C=O) groups is 2. The van der Waals surface area contributed by atoms with Crippen LogP contribution in [0.15, 0.2) is 18.5 Å². The summed E-state index contributed by atoms with van der Waals surface area (Å²) in [6.07, 6.45) is 11.0. The summed E-state index contributed by atoms with van der Waals surface area (Å²) in [5, 5.41) is 11.6. The quantitative estimate of drug-likeness (QED) is 0.818. The van der Waals surface area contributed by atoms with Crippen molar-refractivity contribution in [2.75, 3.05) is 20.1 Å². The van der Waals surface area contributed by atoms with Crippen molar-refractivity contribution in [3.8, 4) is 0 Å². The van der Waals surface area contributed by atoms with E-state index >= 15 is 0 Å². The van der Waals surface area contributed by atoms with Crippen molar-refractivity contribution in [2.45, 2.75) is 70.4 Å². The molecule has 0 unspecified atom stereocenters. The van der Waals surface area contributed by atoms with Gasteiger partial charge in [0.25, 0.3) is 11.8 Å². The minimum atomic E-state index is -0.0152. The maximum atomic E-state index is 13.1. The summed E-state index contributed by atoms with van der Waals surface area (Å²) < 4.78 is 1.77. The second kappa shape index (κ2) is 9.02. The molecule has 0 aromatic carbocycles. The minimum absolute atomic E-state index is 0.0152. The van der Waals surface area contributed by atoms with Gasteiger partial charge in [0, 0.05) is 44.8 Å². The van der Waals surface area contributed by atoms with Gasteiger partial charge in [0.1, 0.15) is 5.69 Å². The Morgan fingerprint density at radius 1 is 1.17 bits per heavy atom. The topological polar surface area (TPSA) is 87.1 Å². The summed E-state index contributed by atoms with van der Waals surface area (Å²) in [7, 11) is 1.92. The molecule has 8 heteroatoms. The molecule has 0 bridgehead atoms. The first-order valence-electron chi connectivity index (χ1n) is 11.2. The standard InChI is InChI=1S/C22H32N6O2/c1-3-28-14-11-19(25-28)22(30)27-12-9-16(10-13-27)20-18(15-23-24-20)21(29)26(2)17-7-5-4-6-8-17/h11,14-17H,3-10,12-13H2,1-2H3,(H,23,24). The SMILES string of the molecule is CCn1ccc(C(=O)N2CCC(c3[nH]ncc3C(=O)N(C)C3CCCCC3)CC2)n1. The number of aromatic nitrogens is 4. The van der Waals surface area contributed by atoms with Gasteiger partial charge in [-0.2, -0.15) is 10.2 Å². The Hall–Kier alpha value is -2.64. The molecule has 2 aliphatic rings. The summed E-state index contributed by atoms with van der Waals surface area (Å²) in [5.74, 6) is 0.260. The van der Waals surface area contributed by atoms with Gasteiger partial charge in [-0.05, 0) is 38.7 Å². The van der Waals surface area contributed by atoms with E-state index in [9.17, 15) is 9.59 Å². The smallest absolute Gasteiger partial charge is 0.274 e. The third-order valence-corrected chi connectivity index (χ3v) is 6.72. The van der Waals surface area contributed by atoms with Crippen molar-refractivity contribution in [3.05, 3.63) is 35.4 Å². The number of amides is 2. The van der Waals surface area contributed by atoms with Crippen LogP contribution in [0.5, 0.6) is 0 Å². The van der Waals surface area contributed by atoms with E-state index in [0.717, 1.165) is 37.9 Å². The van der Waals surface area contributed by atoms with E-state index in [2.05, 4.69) is 15.3 Å². The summed E-state index contributed by atoms with van der Waals surface area (Å²) in [4.78, 5) is 29.7. The molecule has 162 valence electrons. The zero-order valence-electron chi connectivity index (χ0n) is 18.0. The summed E-state index contributed by atoms with van der Waals surface area (Å²) in [6.45, 7) is 4.07. The Morgan fingerprint density at radius 2 is 1.90 bits per heavy atom. The Kier molecular flexibility index (Phi) is 6.20. The van der Waals surface area contributed by atoms with Gasteiger partial charge < -0.3 is 9.80 Å². The zero-order chi connectivity index (χ0) is 21.1. The fraction of sp³-hybridized carbons (Fsp3) is 0.636. The maximum Gasteiger partial charge on any atom is 0.274 e. The van der Waals surface area contributed by atoms with E-state index in [1.165, 1.54) is 19.3 Å². The predicted molar refractivity (Wildman–Crippen MR) is 113 cm³/mol. The highest BCUT2D eigenvalue weighted by atomic mass is 16.2. The summed E-state index contributed by atoms with van der Waals surface area (Å²) in [5.41, 5.74) is 2.11. The van der Waals surface area contributed by atoms with Gasteiger partial charge in [-0.25, -0.2) is 0 Å². The fourth-order valence-electron chi connectivity index (χ4n) is 4.79. The second-order valence-corrected chi connectivity index (χ2v) is 8.53. The van der Waals surface area contributed by atoms with Crippen LogP contribution >= 0.6 is 0 Å². The number of hydrogen-bond acceptors (Lipinski definition) is 4. The number of nitrogens with zero attached hydrogens (tertiary/aromatic N) is 5. The first-order chi connectivity index (χ1) is 14.6. The van der Waals surface area contributed by atoms with Gasteiger partial charge in [0.2, 0.25) is 0 Å². The molecule has 1 aliphatic carbocycles. The third kappa shape index (κ3) is 4.13. The van der Waals surface area contributed by atoms with Crippen molar-refractivity contribution in [2.24, 2.45) is 0 Å². The van der Waals surface area contributed by atoms with Gasteiger partial charge in [-0.3, -0.25) is 19.4 Å². The molecule has 2 aromatic rings. The molecule has 1 N–H and O–H groups in total. The van der Waals surface area contributed by atoms with Crippen molar-refractivity contribution in [1.29, 1.82) is 0 Å². The molecule has 30 heavy (non-hydrogen) atoms. The molecule has 1 saturated carbocycles. The average molecular weight is 413 g/mol. The monoisotopic (exact) mass is 412 g/mol. The van der Waals surface area contributed by atoms with E-state index < -0.39 is 0 Å². The number of carbonyl (C=O) groups excluding carboxylic acids is 2. The van der Waals surface area contributed by atoms with Gasteiger partial charge in [0.05, 0.1) is 17.5 Å². The molecule has 2 amide bonds. The van der Waals surface area contributed by atoms with E-state index in [4.69, 9.17) is 0 Å². The molecule has 0 spiro atoms. The van der Waals surface area contributed by atoms with Gasteiger partial charge >= 0.3 is 0 Å². The lowest BCUT2D eigenvalue weighted by atomic mass is 9.90. The van der Waals surface area contributed by atoms with Gasteiger partial charge in [-0.15, -0.1) is 0 Å². The minimum Gasteiger partial charge on any atom is -0.339 e. The van der Waals surface area contributed by atoms with Gasteiger partial charge in [-0.1, -0.05) is 19.3 Å².